The van der Waals surface area contributed by atoms with E-state index in [0.717, 1.165) is 11.8 Å². The van der Waals surface area contributed by atoms with Crippen LogP contribution in [0.3, 0.4) is 0 Å². The summed E-state index contributed by atoms with van der Waals surface area (Å²) in [7, 11) is -3.64. The van der Waals surface area contributed by atoms with Crippen molar-refractivity contribution in [2.24, 2.45) is 0 Å². The van der Waals surface area contributed by atoms with Crippen LogP contribution in [0.4, 0.5) is 0 Å². The van der Waals surface area contributed by atoms with E-state index in [1.165, 1.54) is 16.4 Å². The molecule has 1 unspecified atom stereocenters. The Morgan fingerprint density at radius 2 is 2.03 bits per heavy atom. The Bertz CT molecular complexity index is 1160. The Balaban J connectivity index is 1.42. The number of ether oxygens (including phenoxy) is 1. The van der Waals surface area contributed by atoms with Gasteiger partial charge < -0.3 is 18.9 Å². The standard InChI is InChI=1S/C20H22N4O6S2/c1-14(18(25)21-13-16-5-3-9-29-16)31-20-23-22-19(30-20)15-4-2-6-17(12-15)32(26,27)24-7-10-28-11-8-24/h2-6,9,12,14H,7-8,10-11,13H2,1H3,(H,21,25). The zero-order valence-electron chi connectivity index (χ0n) is 17.3. The first-order valence-electron chi connectivity index (χ1n) is 9.92. The molecule has 4 rings (SSSR count). The predicted octanol–water partition coefficient (Wildman–Crippen LogP) is 2.15. The first-order chi connectivity index (χ1) is 15.4. The Morgan fingerprint density at radius 1 is 1.22 bits per heavy atom. The highest BCUT2D eigenvalue weighted by Gasteiger charge is 2.27. The molecule has 1 atom stereocenters. The summed E-state index contributed by atoms with van der Waals surface area (Å²) in [6.45, 7) is 3.38. The summed E-state index contributed by atoms with van der Waals surface area (Å²) in [5.41, 5.74) is 0.480. The molecule has 0 spiro atoms. The van der Waals surface area contributed by atoms with Crippen LogP contribution in [0, 0.1) is 0 Å². The lowest BCUT2D eigenvalue weighted by atomic mass is 10.2. The van der Waals surface area contributed by atoms with Crippen LogP contribution in [-0.2, 0) is 26.1 Å². The molecular formula is C20H22N4O6S2. The number of benzene rings is 1. The maximum atomic E-state index is 12.9. The van der Waals surface area contributed by atoms with Crippen LogP contribution in [0.5, 0.6) is 0 Å². The number of sulfonamides is 1. The van der Waals surface area contributed by atoms with Gasteiger partial charge in [-0.25, -0.2) is 8.42 Å². The summed E-state index contributed by atoms with van der Waals surface area (Å²) in [6, 6.07) is 9.89. The average Bonchev–Trinajstić information content (AvgIpc) is 3.50. The van der Waals surface area contributed by atoms with Crippen molar-refractivity contribution >= 4 is 27.7 Å². The molecule has 0 radical (unpaired) electrons. The minimum atomic E-state index is -3.64. The van der Waals surface area contributed by atoms with Gasteiger partial charge in [0.25, 0.3) is 5.22 Å². The molecule has 12 heteroatoms. The van der Waals surface area contributed by atoms with Gasteiger partial charge in [-0.15, -0.1) is 10.2 Å². The Morgan fingerprint density at radius 3 is 2.78 bits per heavy atom. The van der Waals surface area contributed by atoms with Gasteiger partial charge in [-0.1, -0.05) is 17.8 Å². The van der Waals surface area contributed by atoms with E-state index < -0.39 is 15.3 Å². The van der Waals surface area contributed by atoms with E-state index in [9.17, 15) is 13.2 Å². The number of furan rings is 1. The predicted molar refractivity (Wildman–Crippen MR) is 115 cm³/mol. The summed E-state index contributed by atoms with van der Waals surface area (Å²) in [5, 5.41) is 10.5. The molecule has 3 heterocycles. The summed E-state index contributed by atoms with van der Waals surface area (Å²) in [4.78, 5) is 12.4. The Kier molecular flexibility index (Phi) is 6.94. The molecule has 1 aliphatic heterocycles. The molecule has 170 valence electrons. The van der Waals surface area contributed by atoms with E-state index in [0.29, 0.717) is 37.6 Å². The highest BCUT2D eigenvalue weighted by molar-refractivity contribution is 8.00. The zero-order valence-corrected chi connectivity index (χ0v) is 18.9. The molecule has 0 bridgehead atoms. The minimum absolute atomic E-state index is 0.148. The average molecular weight is 479 g/mol. The number of carbonyl (C=O) groups is 1. The maximum absolute atomic E-state index is 12.9. The lowest BCUT2D eigenvalue weighted by molar-refractivity contribution is -0.120. The number of aromatic nitrogens is 2. The van der Waals surface area contributed by atoms with Gasteiger partial charge in [-0.05, 0) is 37.3 Å². The van der Waals surface area contributed by atoms with E-state index in [4.69, 9.17) is 13.6 Å². The highest BCUT2D eigenvalue weighted by atomic mass is 32.2. The van der Waals surface area contributed by atoms with Gasteiger partial charge in [0.2, 0.25) is 21.8 Å². The summed E-state index contributed by atoms with van der Waals surface area (Å²) >= 11 is 1.11. The lowest BCUT2D eigenvalue weighted by Gasteiger charge is -2.26. The van der Waals surface area contributed by atoms with Gasteiger partial charge in [0.05, 0.1) is 36.2 Å². The van der Waals surface area contributed by atoms with Crippen LogP contribution in [0.2, 0.25) is 0 Å². The third-order valence-electron chi connectivity index (χ3n) is 4.76. The zero-order chi connectivity index (χ0) is 22.6. The summed E-state index contributed by atoms with van der Waals surface area (Å²) < 4.78 is 43.3. The molecule has 10 nitrogen and oxygen atoms in total. The monoisotopic (exact) mass is 478 g/mol. The number of amides is 1. The normalized spacial score (nSPS) is 16.0. The molecule has 2 aromatic heterocycles. The molecule has 3 aromatic rings. The van der Waals surface area contributed by atoms with Crippen molar-refractivity contribution < 1.29 is 26.8 Å². The van der Waals surface area contributed by atoms with Gasteiger partial charge >= 0.3 is 0 Å². The molecule has 0 saturated carbocycles. The molecule has 1 aromatic carbocycles. The van der Waals surface area contributed by atoms with Crippen LogP contribution in [0.1, 0.15) is 12.7 Å². The van der Waals surface area contributed by atoms with Gasteiger partial charge in [0, 0.05) is 18.7 Å². The summed E-state index contributed by atoms with van der Waals surface area (Å²) in [6.07, 6.45) is 1.54. The Hall–Kier alpha value is -2.67. The molecule has 1 amide bonds. The largest absolute Gasteiger partial charge is 0.467 e. The second kappa shape index (κ2) is 9.86. The maximum Gasteiger partial charge on any atom is 0.277 e. The van der Waals surface area contributed by atoms with Crippen molar-refractivity contribution in [1.82, 2.24) is 19.8 Å². The highest BCUT2D eigenvalue weighted by Crippen LogP contribution is 2.28. The third kappa shape index (κ3) is 5.21. The summed E-state index contributed by atoms with van der Waals surface area (Å²) in [5.74, 6) is 0.627. The quantitative estimate of drug-likeness (QED) is 0.484. The van der Waals surface area contributed by atoms with Crippen LogP contribution in [0.25, 0.3) is 11.5 Å². The molecule has 1 N–H and O–H groups in total. The minimum Gasteiger partial charge on any atom is -0.467 e. The third-order valence-corrected chi connectivity index (χ3v) is 7.59. The number of morpholine rings is 1. The number of carbonyl (C=O) groups excluding carboxylic acids is 1. The number of nitrogens with zero attached hydrogens (tertiary/aromatic N) is 3. The molecule has 0 aliphatic carbocycles. The van der Waals surface area contributed by atoms with Crippen molar-refractivity contribution in [3.05, 3.63) is 48.4 Å². The van der Waals surface area contributed by atoms with Crippen LogP contribution in [-0.4, -0.2) is 60.4 Å². The number of rotatable bonds is 8. The van der Waals surface area contributed by atoms with Crippen molar-refractivity contribution in [3.8, 4) is 11.5 Å². The van der Waals surface area contributed by atoms with Crippen LogP contribution in [0.15, 0.2) is 61.6 Å². The number of hydrogen-bond donors (Lipinski definition) is 1. The van der Waals surface area contributed by atoms with E-state index in [1.807, 2.05) is 0 Å². The second-order valence-corrected chi connectivity index (χ2v) is 10.2. The van der Waals surface area contributed by atoms with Gasteiger partial charge in [-0.3, -0.25) is 4.79 Å². The molecule has 32 heavy (non-hydrogen) atoms. The number of thioether (sulfide) groups is 1. The smallest absolute Gasteiger partial charge is 0.277 e. The first-order valence-corrected chi connectivity index (χ1v) is 12.2. The van der Waals surface area contributed by atoms with E-state index in [1.54, 1.807) is 37.5 Å². The second-order valence-electron chi connectivity index (χ2n) is 6.97. The van der Waals surface area contributed by atoms with Crippen LogP contribution >= 0.6 is 11.8 Å². The molecule has 1 saturated heterocycles. The van der Waals surface area contributed by atoms with E-state index >= 15 is 0 Å². The van der Waals surface area contributed by atoms with Gasteiger partial charge in [0.15, 0.2) is 0 Å². The van der Waals surface area contributed by atoms with E-state index in [2.05, 4.69) is 15.5 Å². The first kappa shape index (κ1) is 22.5. The Labute approximate surface area is 189 Å². The molecular weight excluding hydrogens is 456 g/mol. The fraction of sp³-hybridized carbons (Fsp3) is 0.350. The lowest BCUT2D eigenvalue weighted by Crippen LogP contribution is -2.40. The molecule has 1 fully saturated rings. The topological polar surface area (TPSA) is 128 Å². The SMILES string of the molecule is CC(Sc1nnc(-c2cccc(S(=O)(=O)N3CCOCC3)c2)o1)C(=O)NCc1ccco1. The fourth-order valence-electron chi connectivity index (χ4n) is 3.04. The van der Waals surface area contributed by atoms with Crippen molar-refractivity contribution in [2.75, 3.05) is 26.3 Å². The van der Waals surface area contributed by atoms with Crippen molar-refractivity contribution in [2.45, 2.75) is 28.8 Å². The van der Waals surface area contributed by atoms with Crippen molar-refractivity contribution in [1.29, 1.82) is 0 Å². The van der Waals surface area contributed by atoms with Crippen LogP contribution < -0.4 is 5.32 Å². The van der Waals surface area contributed by atoms with E-state index in [-0.39, 0.29) is 28.5 Å². The number of hydrogen-bond acceptors (Lipinski definition) is 9. The van der Waals surface area contributed by atoms with Crippen molar-refractivity contribution in [3.63, 3.8) is 0 Å². The van der Waals surface area contributed by atoms with Gasteiger partial charge in [0.1, 0.15) is 5.76 Å². The van der Waals surface area contributed by atoms with Gasteiger partial charge in [-0.2, -0.15) is 4.31 Å². The molecule has 1 aliphatic rings. The number of nitrogens with one attached hydrogen (secondary N) is 1. The fourth-order valence-corrected chi connectivity index (χ4v) is 5.20.